The Morgan fingerprint density at radius 1 is 1.03 bits per heavy atom. The summed E-state index contributed by atoms with van der Waals surface area (Å²) in [6.45, 7) is 7.51. The largest absolute Gasteiger partial charge is 0.492 e. The van der Waals surface area contributed by atoms with Crippen LogP contribution in [0.25, 0.3) is 0 Å². The fourth-order valence-electron chi connectivity index (χ4n) is 3.76. The summed E-state index contributed by atoms with van der Waals surface area (Å²) in [6, 6.07) is 14.5. The van der Waals surface area contributed by atoms with Crippen LogP contribution in [0.4, 0.5) is 23.1 Å². The van der Waals surface area contributed by atoms with Gasteiger partial charge in [-0.25, -0.2) is 13.4 Å². The monoisotopic (exact) mass is 481 g/mol. The maximum absolute atomic E-state index is 12.2. The zero-order valence-corrected chi connectivity index (χ0v) is 20.4. The van der Waals surface area contributed by atoms with Gasteiger partial charge in [-0.05, 0) is 75.3 Å². The van der Waals surface area contributed by atoms with Gasteiger partial charge in [-0.2, -0.15) is 4.98 Å². The van der Waals surface area contributed by atoms with Crippen molar-refractivity contribution in [1.29, 1.82) is 0 Å². The van der Waals surface area contributed by atoms with Gasteiger partial charge in [-0.3, -0.25) is 4.90 Å². The Bertz CT molecular complexity index is 1210. The molecule has 4 rings (SSSR count). The molecule has 0 unspecified atom stereocenters. The molecule has 180 valence electrons. The van der Waals surface area contributed by atoms with Gasteiger partial charge >= 0.3 is 0 Å². The number of anilines is 4. The first-order valence-electron chi connectivity index (χ1n) is 11.6. The third kappa shape index (κ3) is 6.24. The van der Waals surface area contributed by atoms with Gasteiger partial charge in [0.05, 0.1) is 10.6 Å². The van der Waals surface area contributed by atoms with Gasteiger partial charge < -0.3 is 15.4 Å². The lowest BCUT2D eigenvalue weighted by molar-refractivity contribution is 0.238. The first-order valence-corrected chi connectivity index (χ1v) is 13.2. The maximum Gasteiger partial charge on any atom is 0.229 e. The Hall–Kier alpha value is -3.17. The summed E-state index contributed by atoms with van der Waals surface area (Å²) in [6.07, 6.45) is 4.29. The molecule has 0 spiro atoms. The number of aryl methyl sites for hydroxylation is 1. The quantitative estimate of drug-likeness (QED) is 0.436. The molecule has 8 nitrogen and oxygen atoms in total. The van der Waals surface area contributed by atoms with Gasteiger partial charge in [-0.1, -0.05) is 13.0 Å². The number of nitrogens with one attached hydrogen (secondary N) is 2. The summed E-state index contributed by atoms with van der Waals surface area (Å²) < 4.78 is 30.3. The highest BCUT2D eigenvalue weighted by Crippen LogP contribution is 2.24. The summed E-state index contributed by atoms with van der Waals surface area (Å²) >= 11 is 0. The van der Waals surface area contributed by atoms with Crippen LogP contribution in [0.3, 0.4) is 0 Å². The van der Waals surface area contributed by atoms with Crippen LogP contribution in [-0.2, 0) is 9.84 Å². The summed E-state index contributed by atoms with van der Waals surface area (Å²) in [7, 11) is -3.28. The molecule has 3 aromatic rings. The fourth-order valence-corrected chi connectivity index (χ4v) is 4.69. The van der Waals surface area contributed by atoms with E-state index in [4.69, 9.17) is 4.74 Å². The highest BCUT2D eigenvalue weighted by atomic mass is 32.2. The van der Waals surface area contributed by atoms with Crippen molar-refractivity contribution < 1.29 is 13.2 Å². The van der Waals surface area contributed by atoms with Crippen LogP contribution >= 0.6 is 0 Å². The molecule has 1 saturated heterocycles. The molecule has 1 aliphatic rings. The van der Waals surface area contributed by atoms with E-state index >= 15 is 0 Å². The molecule has 1 fully saturated rings. The summed E-state index contributed by atoms with van der Waals surface area (Å²) in [5, 5.41) is 6.42. The highest BCUT2D eigenvalue weighted by Gasteiger charge is 2.13. The van der Waals surface area contributed by atoms with Crippen molar-refractivity contribution in [2.75, 3.05) is 42.6 Å². The van der Waals surface area contributed by atoms with E-state index in [-0.39, 0.29) is 10.6 Å². The average Bonchev–Trinajstić information content (AvgIpc) is 3.36. The van der Waals surface area contributed by atoms with Crippen molar-refractivity contribution in [3.8, 4) is 5.75 Å². The normalized spacial score (nSPS) is 14.2. The molecule has 0 amide bonds. The van der Waals surface area contributed by atoms with Crippen LogP contribution in [0.5, 0.6) is 5.75 Å². The van der Waals surface area contributed by atoms with E-state index in [1.807, 2.05) is 37.3 Å². The van der Waals surface area contributed by atoms with E-state index in [1.54, 1.807) is 31.3 Å². The second-order valence-corrected chi connectivity index (χ2v) is 10.6. The van der Waals surface area contributed by atoms with Gasteiger partial charge in [0, 0.05) is 29.7 Å². The van der Waals surface area contributed by atoms with Crippen molar-refractivity contribution in [3.05, 3.63) is 60.3 Å². The van der Waals surface area contributed by atoms with Crippen LogP contribution in [0.1, 0.15) is 25.3 Å². The number of hydrogen-bond donors (Lipinski definition) is 2. The maximum atomic E-state index is 12.2. The molecule has 0 radical (unpaired) electrons. The van der Waals surface area contributed by atoms with Gasteiger partial charge in [0.15, 0.2) is 9.84 Å². The first-order chi connectivity index (χ1) is 16.4. The number of sulfone groups is 1. The Kier molecular flexibility index (Phi) is 7.64. The predicted molar refractivity (Wildman–Crippen MR) is 135 cm³/mol. The van der Waals surface area contributed by atoms with Gasteiger partial charge in [0.25, 0.3) is 0 Å². The molecular weight excluding hydrogens is 450 g/mol. The van der Waals surface area contributed by atoms with Crippen molar-refractivity contribution in [2.24, 2.45) is 0 Å². The van der Waals surface area contributed by atoms with Gasteiger partial charge in [0.1, 0.15) is 18.2 Å². The fraction of sp³-hybridized carbons (Fsp3) is 0.360. The smallest absolute Gasteiger partial charge is 0.229 e. The minimum Gasteiger partial charge on any atom is -0.492 e. The summed E-state index contributed by atoms with van der Waals surface area (Å²) in [5.41, 5.74) is 2.34. The summed E-state index contributed by atoms with van der Waals surface area (Å²) in [5.74, 6) is 1.93. The third-order valence-corrected chi connectivity index (χ3v) is 7.53. The molecule has 34 heavy (non-hydrogen) atoms. The average molecular weight is 482 g/mol. The van der Waals surface area contributed by atoms with Crippen LogP contribution in [-0.4, -0.2) is 55.3 Å². The molecule has 2 N–H and O–H groups in total. The zero-order valence-electron chi connectivity index (χ0n) is 19.6. The van der Waals surface area contributed by atoms with Crippen LogP contribution < -0.4 is 15.4 Å². The van der Waals surface area contributed by atoms with E-state index in [9.17, 15) is 8.42 Å². The number of rotatable bonds is 10. The number of likely N-dealkylation sites (tertiary alicyclic amines) is 1. The Labute approximate surface area is 201 Å². The molecule has 2 aromatic carbocycles. The lowest BCUT2D eigenvalue weighted by Gasteiger charge is -2.15. The minimum absolute atomic E-state index is 0.0549. The first kappa shape index (κ1) is 24.0. The Morgan fingerprint density at radius 3 is 2.53 bits per heavy atom. The number of ether oxygens (including phenoxy) is 1. The van der Waals surface area contributed by atoms with E-state index < -0.39 is 9.84 Å². The molecule has 0 bridgehead atoms. The third-order valence-electron chi connectivity index (χ3n) is 5.79. The number of nitrogens with zero attached hydrogens (tertiary/aromatic N) is 3. The van der Waals surface area contributed by atoms with E-state index in [0.29, 0.717) is 24.1 Å². The van der Waals surface area contributed by atoms with E-state index in [2.05, 4.69) is 25.5 Å². The SMILES string of the molecule is CCS(=O)(=O)c1cccc(Nc2nc(Nc3ccc(OCCN4CCCC4)cc3)ncc2C)c1. The standard InChI is InChI=1S/C25H31N5O3S/c1-3-34(31,32)23-8-6-7-21(17-23)27-24-19(2)18-26-25(29-24)28-20-9-11-22(12-10-20)33-16-15-30-13-4-5-14-30/h6-12,17-18H,3-5,13-16H2,1-2H3,(H2,26,27,28,29). The highest BCUT2D eigenvalue weighted by molar-refractivity contribution is 7.91. The number of hydrogen-bond acceptors (Lipinski definition) is 8. The molecule has 0 atom stereocenters. The van der Waals surface area contributed by atoms with E-state index in [0.717, 1.165) is 23.5 Å². The van der Waals surface area contributed by atoms with Crippen molar-refractivity contribution in [3.63, 3.8) is 0 Å². The van der Waals surface area contributed by atoms with Crippen molar-refractivity contribution >= 4 is 33.0 Å². The second-order valence-electron chi connectivity index (χ2n) is 8.33. The van der Waals surface area contributed by atoms with Gasteiger partial charge in [0.2, 0.25) is 5.95 Å². The molecule has 1 aliphatic heterocycles. The predicted octanol–water partition coefficient (Wildman–Crippen LogP) is 4.54. The van der Waals surface area contributed by atoms with Crippen LogP contribution in [0.15, 0.2) is 59.6 Å². The van der Waals surface area contributed by atoms with Crippen LogP contribution in [0.2, 0.25) is 0 Å². The Balaban J connectivity index is 1.39. The van der Waals surface area contributed by atoms with Crippen molar-refractivity contribution in [2.45, 2.75) is 31.6 Å². The lowest BCUT2D eigenvalue weighted by atomic mass is 10.3. The second kappa shape index (κ2) is 10.8. The summed E-state index contributed by atoms with van der Waals surface area (Å²) in [4.78, 5) is 11.6. The molecule has 2 heterocycles. The lowest BCUT2D eigenvalue weighted by Crippen LogP contribution is -2.25. The topological polar surface area (TPSA) is 96.5 Å². The zero-order chi connectivity index (χ0) is 24.0. The molecule has 9 heteroatoms. The number of aromatic nitrogens is 2. The Morgan fingerprint density at radius 2 is 1.79 bits per heavy atom. The molecular formula is C25H31N5O3S. The van der Waals surface area contributed by atoms with Gasteiger partial charge in [-0.15, -0.1) is 0 Å². The molecule has 1 aromatic heterocycles. The van der Waals surface area contributed by atoms with E-state index in [1.165, 1.54) is 25.9 Å². The molecule has 0 aliphatic carbocycles. The van der Waals surface area contributed by atoms with Crippen molar-refractivity contribution in [1.82, 2.24) is 14.9 Å². The minimum atomic E-state index is -3.28. The number of benzene rings is 2. The molecule has 0 saturated carbocycles. The van der Waals surface area contributed by atoms with Crippen LogP contribution in [0, 0.1) is 6.92 Å².